The summed E-state index contributed by atoms with van der Waals surface area (Å²) in [5, 5.41) is 7.19. The molecule has 0 saturated carbocycles. The molecule has 1 aromatic carbocycles. The minimum atomic E-state index is -1.33. The summed E-state index contributed by atoms with van der Waals surface area (Å²) in [5.41, 5.74) is 10.7. The Morgan fingerprint density at radius 3 is 2.15 bits per heavy atom. The fraction of sp³-hybridized carbons (Fsp3) is 0.222. The van der Waals surface area contributed by atoms with Gasteiger partial charge in [-0.05, 0) is 18.5 Å². The molecule has 5 N–H and O–H groups in total. The molecule has 0 aliphatic rings. The second kappa shape index (κ2) is 7.12. The van der Waals surface area contributed by atoms with E-state index in [0.717, 1.165) is 13.0 Å². The van der Waals surface area contributed by atoms with Crippen LogP contribution >= 0.6 is 0 Å². The third-order valence-corrected chi connectivity index (χ3v) is 1.28. The van der Waals surface area contributed by atoms with E-state index in [2.05, 4.69) is 17.9 Å². The Morgan fingerprint density at radius 1 is 1.31 bits per heavy atom. The number of hydrogen-bond donors (Lipinski definition) is 3. The van der Waals surface area contributed by atoms with Crippen molar-refractivity contribution in [3.63, 3.8) is 0 Å². The maximum absolute atomic E-state index is 8.78. The number of nitrogens with two attached hydrogens (primary N) is 2. The number of carbonyl (C=O) groups is 1. The van der Waals surface area contributed by atoms with Gasteiger partial charge in [-0.1, -0.05) is 30.3 Å². The Balaban J connectivity index is 0.000000310. The molecule has 72 valence electrons. The van der Waals surface area contributed by atoms with E-state index in [0.29, 0.717) is 0 Å². The summed E-state index contributed by atoms with van der Waals surface area (Å²) in [6.45, 7) is 0.740. The first-order chi connectivity index (χ1) is 6.16. The first kappa shape index (κ1) is 11.4. The molecular weight excluding hydrogens is 168 g/mol. The molecule has 0 bridgehead atoms. The second-order valence-corrected chi connectivity index (χ2v) is 2.36. The molecule has 1 aromatic rings. The number of carboxylic acid groups (broad SMARTS) is 1. The predicted molar refractivity (Wildman–Crippen MR) is 51.4 cm³/mol. The van der Waals surface area contributed by atoms with Crippen LogP contribution in [0.25, 0.3) is 0 Å². The van der Waals surface area contributed by atoms with Crippen molar-refractivity contribution in [1.29, 1.82) is 0 Å². The summed E-state index contributed by atoms with van der Waals surface area (Å²) in [6, 6.07) is 10.3. The molecule has 0 aliphatic carbocycles. The first-order valence-electron chi connectivity index (χ1n) is 3.89. The zero-order valence-corrected chi connectivity index (χ0v) is 7.31. The van der Waals surface area contributed by atoms with E-state index in [1.807, 2.05) is 18.2 Å². The molecule has 4 heteroatoms. The van der Waals surface area contributed by atoms with E-state index >= 15 is 0 Å². The summed E-state index contributed by atoms with van der Waals surface area (Å²) in [4.78, 5) is 8.78. The average Bonchev–Trinajstić information content (AvgIpc) is 2.06. The fourth-order valence-electron chi connectivity index (χ4n) is 0.811. The zero-order valence-electron chi connectivity index (χ0n) is 7.31. The zero-order chi connectivity index (χ0) is 10.1. The van der Waals surface area contributed by atoms with Crippen LogP contribution in [-0.4, -0.2) is 17.7 Å². The molecule has 1 amide bonds. The molecule has 0 unspecified atom stereocenters. The molecule has 4 nitrogen and oxygen atoms in total. The molecule has 13 heavy (non-hydrogen) atoms. The van der Waals surface area contributed by atoms with Gasteiger partial charge in [0.1, 0.15) is 0 Å². The Morgan fingerprint density at radius 2 is 1.77 bits per heavy atom. The molecule has 0 aromatic heterocycles. The third kappa shape index (κ3) is 8.36. The van der Waals surface area contributed by atoms with Crippen molar-refractivity contribution in [2.75, 3.05) is 6.54 Å². The molecule has 0 fully saturated rings. The fourth-order valence-corrected chi connectivity index (χ4v) is 0.811. The second-order valence-electron chi connectivity index (χ2n) is 2.36. The largest absolute Gasteiger partial charge is 0.465 e. The lowest BCUT2D eigenvalue weighted by Crippen LogP contribution is -2.03. The first-order valence-corrected chi connectivity index (χ1v) is 3.89. The number of hydrogen-bond acceptors (Lipinski definition) is 2. The molecule has 0 radical (unpaired) electrons. The van der Waals surface area contributed by atoms with Crippen LogP contribution in [0, 0.1) is 0 Å². The van der Waals surface area contributed by atoms with Crippen molar-refractivity contribution in [3.05, 3.63) is 35.9 Å². The van der Waals surface area contributed by atoms with Gasteiger partial charge in [0.2, 0.25) is 0 Å². The van der Waals surface area contributed by atoms with Crippen LogP contribution in [0.3, 0.4) is 0 Å². The van der Waals surface area contributed by atoms with Crippen LogP contribution in [0.1, 0.15) is 5.56 Å². The number of rotatable bonds is 2. The Labute approximate surface area is 77.2 Å². The van der Waals surface area contributed by atoms with Crippen LogP contribution in [0.2, 0.25) is 0 Å². The highest BCUT2D eigenvalue weighted by molar-refractivity contribution is 5.61. The molecule has 0 heterocycles. The van der Waals surface area contributed by atoms with Gasteiger partial charge < -0.3 is 16.6 Å². The van der Waals surface area contributed by atoms with E-state index in [-0.39, 0.29) is 0 Å². The summed E-state index contributed by atoms with van der Waals surface area (Å²) < 4.78 is 0. The normalized spacial score (nSPS) is 8.38. The molecule has 0 spiro atoms. The third-order valence-electron chi connectivity index (χ3n) is 1.28. The Kier molecular flexibility index (Phi) is 6.27. The van der Waals surface area contributed by atoms with Crippen molar-refractivity contribution in [3.8, 4) is 0 Å². The number of primary amides is 1. The van der Waals surface area contributed by atoms with Crippen LogP contribution in [0.5, 0.6) is 0 Å². The summed E-state index contributed by atoms with van der Waals surface area (Å²) in [5.74, 6) is 0. The van der Waals surface area contributed by atoms with Crippen molar-refractivity contribution < 1.29 is 9.90 Å². The topological polar surface area (TPSA) is 89.3 Å². The van der Waals surface area contributed by atoms with Gasteiger partial charge >= 0.3 is 6.09 Å². The number of amides is 1. The number of benzene rings is 1. The van der Waals surface area contributed by atoms with Gasteiger partial charge in [0.15, 0.2) is 0 Å². The predicted octanol–water partition coefficient (Wildman–Crippen LogP) is 0.811. The summed E-state index contributed by atoms with van der Waals surface area (Å²) in [6.07, 6.45) is -0.346. The van der Waals surface area contributed by atoms with Crippen LogP contribution in [0.15, 0.2) is 30.3 Å². The van der Waals surface area contributed by atoms with Crippen molar-refractivity contribution >= 4 is 6.09 Å². The molecule has 0 aliphatic heterocycles. The lowest BCUT2D eigenvalue weighted by molar-refractivity contribution is 0.205. The lowest BCUT2D eigenvalue weighted by Gasteiger charge is -1.93. The Bertz CT molecular complexity index is 233. The average molecular weight is 182 g/mol. The molecule has 1 rings (SSSR count). The molecule has 0 atom stereocenters. The maximum atomic E-state index is 8.78. The smallest absolute Gasteiger partial charge is 0.402 e. The van der Waals surface area contributed by atoms with Gasteiger partial charge in [0.25, 0.3) is 0 Å². The van der Waals surface area contributed by atoms with E-state index in [1.54, 1.807) is 0 Å². The minimum Gasteiger partial charge on any atom is -0.465 e. The highest BCUT2D eigenvalue weighted by Gasteiger charge is 1.84. The molecular formula is C9H14N2O2. The monoisotopic (exact) mass is 182 g/mol. The highest BCUT2D eigenvalue weighted by atomic mass is 16.4. The van der Waals surface area contributed by atoms with Crippen LogP contribution in [0.4, 0.5) is 4.79 Å². The van der Waals surface area contributed by atoms with Gasteiger partial charge in [-0.15, -0.1) is 0 Å². The van der Waals surface area contributed by atoms with E-state index in [1.165, 1.54) is 5.56 Å². The van der Waals surface area contributed by atoms with E-state index in [4.69, 9.17) is 15.6 Å². The van der Waals surface area contributed by atoms with Crippen LogP contribution in [-0.2, 0) is 6.42 Å². The summed E-state index contributed by atoms with van der Waals surface area (Å²) >= 11 is 0. The summed E-state index contributed by atoms with van der Waals surface area (Å²) in [7, 11) is 0. The van der Waals surface area contributed by atoms with Gasteiger partial charge in [-0.25, -0.2) is 4.79 Å². The van der Waals surface area contributed by atoms with Crippen molar-refractivity contribution in [1.82, 2.24) is 0 Å². The van der Waals surface area contributed by atoms with Gasteiger partial charge in [0, 0.05) is 0 Å². The quantitative estimate of drug-likeness (QED) is 0.632. The lowest BCUT2D eigenvalue weighted by atomic mass is 10.2. The molecule has 0 saturated heterocycles. The minimum absolute atomic E-state index is 0.740. The van der Waals surface area contributed by atoms with Gasteiger partial charge in [-0.3, -0.25) is 0 Å². The van der Waals surface area contributed by atoms with Crippen molar-refractivity contribution in [2.24, 2.45) is 11.5 Å². The maximum Gasteiger partial charge on any atom is 0.402 e. The van der Waals surface area contributed by atoms with Crippen LogP contribution < -0.4 is 11.5 Å². The SMILES string of the molecule is NC(=O)O.NCCc1ccccc1. The van der Waals surface area contributed by atoms with Crippen molar-refractivity contribution in [2.45, 2.75) is 6.42 Å². The van der Waals surface area contributed by atoms with Gasteiger partial charge in [-0.2, -0.15) is 0 Å². The van der Waals surface area contributed by atoms with E-state index < -0.39 is 6.09 Å². The Hall–Kier alpha value is -1.55. The highest BCUT2D eigenvalue weighted by Crippen LogP contribution is 1.96. The van der Waals surface area contributed by atoms with E-state index in [9.17, 15) is 0 Å². The standard InChI is InChI=1S/C8H11N.CH3NO2/c9-7-6-8-4-2-1-3-5-8;2-1(3)4/h1-5H,6-7,9H2;2H2,(H,3,4). The van der Waals surface area contributed by atoms with Gasteiger partial charge in [0.05, 0.1) is 0 Å².